The van der Waals surface area contributed by atoms with Crippen molar-refractivity contribution >= 4 is 23.5 Å². The summed E-state index contributed by atoms with van der Waals surface area (Å²) in [6.07, 6.45) is 1.85. The fraction of sp³-hybridized carbons (Fsp3) is 0.182. The molecule has 0 saturated heterocycles. The lowest BCUT2D eigenvalue weighted by atomic mass is 10.1. The van der Waals surface area contributed by atoms with Crippen molar-refractivity contribution in [2.75, 3.05) is 0 Å². The monoisotopic (exact) mass is 194 g/mol. The van der Waals surface area contributed by atoms with E-state index in [4.69, 9.17) is 11.6 Å². The Kier molecular flexibility index (Phi) is 3.26. The molecule has 1 rings (SSSR count). The van der Waals surface area contributed by atoms with Gasteiger partial charge < -0.3 is 0 Å². The minimum atomic E-state index is 0.0925. The molecule has 0 fully saturated rings. The van der Waals surface area contributed by atoms with Crippen LogP contribution in [-0.4, -0.2) is 5.78 Å². The zero-order valence-electron chi connectivity index (χ0n) is 7.67. The maximum absolute atomic E-state index is 10.9. The Morgan fingerprint density at radius 1 is 1.23 bits per heavy atom. The fourth-order valence-electron chi connectivity index (χ4n) is 0.911. The van der Waals surface area contributed by atoms with Crippen LogP contribution in [0.4, 0.5) is 0 Å². The standard InChI is InChI=1S/C11H11ClO/c1-8(9(2)13)7-10-3-5-11(12)6-4-10/h3-7H,1-2H3. The van der Waals surface area contributed by atoms with E-state index in [1.807, 2.05) is 18.2 Å². The SMILES string of the molecule is CC(=O)C(C)=Cc1ccc(Cl)cc1. The van der Waals surface area contributed by atoms with E-state index < -0.39 is 0 Å². The Labute approximate surface area is 83.0 Å². The molecule has 0 aliphatic heterocycles. The van der Waals surface area contributed by atoms with Crippen LogP contribution in [0.25, 0.3) is 6.08 Å². The molecule has 0 N–H and O–H groups in total. The van der Waals surface area contributed by atoms with Crippen LogP contribution in [-0.2, 0) is 4.79 Å². The fourth-order valence-corrected chi connectivity index (χ4v) is 1.04. The van der Waals surface area contributed by atoms with Gasteiger partial charge in [0, 0.05) is 5.02 Å². The van der Waals surface area contributed by atoms with Crippen LogP contribution in [0, 0.1) is 0 Å². The maximum atomic E-state index is 10.9. The summed E-state index contributed by atoms with van der Waals surface area (Å²) in [6.45, 7) is 3.36. The summed E-state index contributed by atoms with van der Waals surface area (Å²) < 4.78 is 0. The van der Waals surface area contributed by atoms with Gasteiger partial charge in [-0.2, -0.15) is 0 Å². The van der Waals surface area contributed by atoms with E-state index in [0.717, 1.165) is 11.1 Å². The van der Waals surface area contributed by atoms with Crippen LogP contribution in [0.2, 0.25) is 5.02 Å². The van der Waals surface area contributed by atoms with Gasteiger partial charge in [0.15, 0.2) is 5.78 Å². The van der Waals surface area contributed by atoms with Gasteiger partial charge in [0.2, 0.25) is 0 Å². The average molecular weight is 195 g/mol. The molecular weight excluding hydrogens is 184 g/mol. The number of benzene rings is 1. The minimum Gasteiger partial charge on any atom is -0.295 e. The summed E-state index contributed by atoms with van der Waals surface area (Å²) in [5, 5.41) is 0.706. The molecule has 0 unspecified atom stereocenters. The van der Waals surface area contributed by atoms with E-state index in [-0.39, 0.29) is 5.78 Å². The van der Waals surface area contributed by atoms with Gasteiger partial charge in [-0.25, -0.2) is 0 Å². The molecule has 0 aliphatic carbocycles. The molecule has 2 heteroatoms. The third kappa shape index (κ3) is 3.03. The lowest BCUT2D eigenvalue weighted by Crippen LogP contribution is -1.90. The minimum absolute atomic E-state index is 0.0925. The first kappa shape index (κ1) is 10.0. The number of carbonyl (C=O) groups excluding carboxylic acids is 1. The van der Waals surface area contributed by atoms with E-state index in [9.17, 15) is 4.79 Å². The maximum Gasteiger partial charge on any atom is 0.155 e. The number of ketones is 1. The second-order valence-corrected chi connectivity index (χ2v) is 3.37. The van der Waals surface area contributed by atoms with Crippen molar-refractivity contribution < 1.29 is 4.79 Å². The third-order valence-electron chi connectivity index (χ3n) is 1.81. The zero-order chi connectivity index (χ0) is 9.84. The van der Waals surface area contributed by atoms with E-state index in [1.165, 1.54) is 0 Å². The normalized spacial score (nSPS) is 11.5. The van der Waals surface area contributed by atoms with Crippen molar-refractivity contribution in [1.29, 1.82) is 0 Å². The van der Waals surface area contributed by atoms with Crippen LogP contribution >= 0.6 is 11.6 Å². The number of hydrogen-bond acceptors (Lipinski definition) is 1. The van der Waals surface area contributed by atoms with Crippen molar-refractivity contribution in [2.45, 2.75) is 13.8 Å². The topological polar surface area (TPSA) is 17.1 Å². The Hall–Kier alpha value is -1.08. The summed E-state index contributed by atoms with van der Waals surface area (Å²) in [7, 11) is 0. The van der Waals surface area contributed by atoms with E-state index >= 15 is 0 Å². The van der Waals surface area contributed by atoms with E-state index in [0.29, 0.717) is 5.02 Å². The quantitative estimate of drug-likeness (QED) is 0.660. The average Bonchev–Trinajstić information content (AvgIpc) is 2.08. The molecule has 0 spiro atoms. The number of rotatable bonds is 2. The van der Waals surface area contributed by atoms with Crippen molar-refractivity contribution in [3.8, 4) is 0 Å². The number of hydrogen-bond donors (Lipinski definition) is 0. The molecule has 1 nitrogen and oxygen atoms in total. The van der Waals surface area contributed by atoms with Gasteiger partial charge in [-0.1, -0.05) is 23.7 Å². The lowest BCUT2D eigenvalue weighted by Gasteiger charge is -1.96. The highest BCUT2D eigenvalue weighted by atomic mass is 35.5. The molecular formula is C11H11ClO. The van der Waals surface area contributed by atoms with Gasteiger partial charge in [0.25, 0.3) is 0 Å². The van der Waals surface area contributed by atoms with Crippen LogP contribution < -0.4 is 0 Å². The van der Waals surface area contributed by atoms with Crippen molar-refractivity contribution in [3.63, 3.8) is 0 Å². The number of allylic oxidation sites excluding steroid dienone is 1. The summed E-state index contributed by atoms with van der Waals surface area (Å²) in [6, 6.07) is 7.38. The smallest absolute Gasteiger partial charge is 0.155 e. The summed E-state index contributed by atoms with van der Waals surface area (Å²) in [5.74, 6) is 0.0925. The molecule has 0 heterocycles. The first-order valence-electron chi connectivity index (χ1n) is 4.04. The largest absolute Gasteiger partial charge is 0.295 e. The van der Waals surface area contributed by atoms with Gasteiger partial charge in [-0.3, -0.25) is 4.79 Å². The van der Waals surface area contributed by atoms with Crippen LogP contribution in [0.15, 0.2) is 29.8 Å². The highest BCUT2D eigenvalue weighted by Crippen LogP contribution is 2.12. The molecule has 0 amide bonds. The van der Waals surface area contributed by atoms with Crippen molar-refractivity contribution in [3.05, 3.63) is 40.4 Å². The first-order chi connectivity index (χ1) is 6.09. The van der Waals surface area contributed by atoms with Gasteiger partial charge in [0.05, 0.1) is 0 Å². The molecule has 0 bridgehead atoms. The van der Waals surface area contributed by atoms with Crippen molar-refractivity contribution in [2.24, 2.45) is 0 Å². The Balaban J connectivity index is 2.92. The van der Waals surface area contributed by atoms with Crippen LogP contribution in [0.1, 0.15) is 19.4 Å². The third-order valence-corrected chi connectivity index (χ3v) is 2.06. The number of carbonyl (C=O) groups is 1. The zero-order valence-corrected chi connectivity index (χ0v) is 8.43. The highest BCUT2D eigenvalue weighted by molar-refractivity contribution is 6.30. The summed E-state index contributed by atoms with van der Waals surface area (Å²) >= 11 is 5.72. The first-order valence-corrected chi connectivity index (χ1v) is 4.42. The molecule has 1 aromatic rings. The predicted molar refractivity (Wildman–Crippen MR) is 55.8 cm³/mol. The summed E-state index contributed by atoms with van der Waals surface area (Å²) in [4.78, 5) is 10.9. The lowest BCUT2D eigenvalue weighted by molar-refractivity contribution is -0.113. The summed E-state index contributed by atoms with van der Waals surface area (Å²) in [5.41, 5.74) is 1.75. The second-order valence-electron chi connectivity index (χ2n) is 2.94. The van der Waals surface area contributed by atoms with Crippen LogP contribution in [0.5, 0.6) is 0 Å². The van der Waals surface area contributed by atoms with Crippen LogP contribution in [0.3, 0.4) is 0 Å². The van der Waals surface area contributed by atoms with Gasteiger partial charge in [0.1, 0.15) is 0 Å². The van der Waals surface area contributed by atoms with Gasteiger partial charge >= 0.3 is 0 Å². The molecule has 0 aromatic heterocycles. The van der Waals surface area contributed by atoms with Crippen molar-refractivity contribution in [1.82, 2.24) is 0 Å². The molecule has 0 radical (unpaired) electrons. The molecule has 0 saturated carbocycles. The molecule has 0 atom stereocenters. The Morgan fingerprint density at radius 2 is 1.77 bits per heavy atom. The Morgan fingerprint density at radius 3 is 2.23 bits per heavy atom. The Bertz CT molecular complexity index is 336. The molecule has 68 valence electrons. The number of halogens is 1. The molecule has 0 aliphatic rings. The molecule has 1 aromatic carbocycles. The van der Waals surface area contributed by atoms with E-state index in [1.54, 1.807) is 26.0 Å². The number of Topliss-reactive ketones (excluding diaryl/α,β-unsaturated/α-hetero) is 1. The van der Waals surface area contributed by atoms with E-state index in [2.05, 4.69) is 0 Å². The van der Waals surface area contributed by atoms with Gasteiger partial charge in [-0.15, -0.1) is 0 Å². The predicted octanol–water partition coefficient (Wildman–Crippen LogP) is 3.33. The highest BCUT2D eigenvalue weighted by Gasteiger charge is 1.96. The second kappa shape index (κ2) is 4.24. The molecule has 13 heavy (non-hydrogen) atoms. The van der Waals surface area contributed by atoms with Gasteiger partial charge in [-0.05, 0) is 43.2 Å².